The predicted molar refractivity (Wildman–Crippen MR) is 55.8 cm³/mol. The summed E-state index contributed by atoms with van der Waals surface area (Å²) in [6, 6.07) is 8.79. The highest BCUT2D eigenvalue weighted by Crippen LogP contribution is 2.24. The number of rotatable bonds is 3. The molecule has 0 amide bonds. The van der Waals surface area contributed by atoms with Crippen LogP contribution in [0.25, 0.3) is 5.69 Å². The van der Waals surface area contributed by atoms with Gasteiger partial charge in [-0.3, -0.25) is 0 Å². The van der Waals surface area contributed by atoms with E-state index in [1.807, 2.05) is 12.1 Å². The first kappa shape index (κ1) is 8.40. The molecular formula is C10H11N5. The van der Waals surface area contributed by atoms with E-state index in [0.717, 1.165) is 11.4 Å². The van der Waals surface area contributed by atoms with E-state index >= 15 is 0 Å². The Balaban J connectivity index is 1.80. The Labute approximate surface area is 87.1 Å². The number of anilines is 1. The lowest BCUT2D eigenvalue weighted by Gasteiger charge is -2.05. The fraction of sp³-hybridized carbons (Fsp3) is 0.300. The molecule has 5 heteroatoms. The standard InChI is InChI=1S/C10H11N5/c1-2-8(1)12-9-3-5-10(6-4-9)15-7-11-13-14-15/h3-8,12H,1-2H2. The number of nitrogens with one attached hydrogen (secondary N) is 1. The van der Waals surface area contributed by atoms with Crippen molar-refractivity contribution in [2.45, 2.75) is 18.9 Å². The molecule has 1 fully saturated rings. The Kier molecular flexibility index (Phi) is 1.87. The largest absolute Gasteiger partial charge is 0.382 e. The van der Waals surface area contributed by atoms with E-state index in [2.05, 4.69) is 33.0 Å². The molecule has 1 aromatic heterocycles. The van der Waals surface area contributed by atoms with E-state index in [0.29, 0.717) is 6.04 Å². The first-order valence-corrected chi connectivity index (χ1v) is 5.02. The molecule has 1 aliphatic rings. The average molecular weight is 201 g/mol. The topological polar surface area (TPSA) is 55.6 Å². The molecule has 1 heterocycles. The van der Waals surface area contributed by atoms with E-state index in [-0.39, 0.29) is 0 Å². The van der Waals surface area contributed by atoms with Crippen molar-refractivity contribution in [2.75, 3.05) is 5.32 Å². The third-order valence-corrected chi connectivity index (χ3v) is 2.43. The minimum absolute atomic E-state index is 0.684. The van der Waals surface area contributed by atoms with Gasteiger partial charge in [0.15, 0.2) is 0 Å². The molecule has 0 aliphatic heterocycles. The van der Waals surface area contributed by atoms with Crippen LogP contribution in [0.1, 0.15) is 12.8 Å². The monoisotopic (exact) mass is 201 g/mol. The smallest absolute Gasteiger partial charge is 0.143 e. The van der Waals surface area contributed by atoms with Gasteiger partial charge in [0.2, 0.25) is 0 Å². The van der Waals surface area contributed by atoms with Crippen molar-refractivity contribution in [3.05, 3.63) is 30.6 Å². The molecule has 15 heavy (non-hydrogen) atoms. The maximum atomic E-state index is 3.82. The minimum Gasteiger partial charge on any atom is -0.382 e. The Morgan fingerprint density at radius 1 is 1.20 bits per heavy atom. The van der Waals surface area contributed by atoms with Crippen LogP contribution < -0.4 is 5.32 Å². The Bertz CT molecular complexity index is 429. The van der Waals surface area contributed by atoms with Gasteiger partial charge in [-0.1, -0.05) is 0 Å². The second kappa shape index (κ2) is 3.34. The van der Waals surface area contributed by atoms with Gasteiger partial charge in [0.25, 0.3) is 0 Å². The van der Waals surface area contributed by atoms with Gasteiger partial charge in [-0.25, -0.2) is 4.68 Å². The third kappa shape index (κ3) is 1.81. The van der Waals surface area contributed by atoms with Gasteiger partial charge in [-0.15, -0.1) is 5.10 Å². The van der Waals surface area contributed by atoms with Crippen LogP contribution in [-0.2, 0) is 0 Å². The molecule has 1 aliphatic carbocycles. The van der Waals surface area contributed by atoms with Gasteiger partial charge in [-0.05, 0) is 47.5 Å². The molecule has 2 aromatic rings. The number of nitrogens with zero attached hydrogens (tertiary/aromatic N) is 4. The van der Waals surface area contributed by atoms with E-state index in [9.17, 15) is 0 Å². The van der Waals surface area contributed by atoms with Gasteiger partial charge in [-0.2, -0.15) is 0 Å². The number of aromatic nitrogens is 4. The van der Waals surface area contributed by atoms with Crippen LogP contribution in [0.4, 0.5) is 5.69 Å². The Morgan fingerprint density at radius 2 is 2.00 bits per heavy atom. The van der Waals surface area contributed by atoms with Crippen LogP contribution in [0.15, 0.2) is 30.6 Å². The van der Waals surface area contributed by atoms with Crippen molar-refractivity contribution in [2.24, 2.45) is 0 Å². The minimum atomic E-state index is 0.684. The second-order valence-electron chi connectivity index (χ2n) is 3.72. The highest BCUT2D eigenvalue weighted by molar-refractivity contribution is 5.49. The van der Waals surface area contributed by atoms with Crippen molar-refractivity contribution in [3.8, 4) is 5.69 Å². The first-order valence-electron chi connectivity index (χ1n) is 5.02. The molecule has 0 saturated heterocycles. The molecule has 0 atom stereocenters. The molecule has 0 spiro atoms. The third-order valence-electron chi connectivity index (χ3n) is 2.43. The molecule has 3 rings (SSSR count). The van der Waals surface area contributed by atoms with Gasteiger partial charge >= 0.3 is 0 Å². The van der Waals surface area contributed by atoms with Crippen LogP contribution in [0.5, 0.6) is 0 Å². The summed E-state index contributed by atoms with van der Waals surface area (Å²) in [5.74, 6) is 0. The van der Waals surface area contributed by atoms with Crippen LogP contribution in [0, 0.1) is 0 Å². The normalized spacial score (nSPS) is 15.2. The summed E-state index contributed by atoms with van der Waals surface area (Å²) in [6.45, 7) is 0. The number of benzene rings is 1. The fourth-order valence-electron chi connectivity index (χ4n) is 1.45. The van der Waals surface area contributed by atoms with Gasteiger partial charge in [0, 0.05) is 11.7 Å². The molecule has 5 nitrogen and oxygen atoms in total. The quantitative estimate of drug-likeness (QED) is 0.811. The van der Waals surface area contributed by atoms with Gasteiger partial charge in [0.05, 0.1) is 5.69 Å². The maximum Gasteiger partial charge on any atom is 0.143 e. The van der Waals surface area contributed by atoms with Crippen molar-refractivity contribution >= 4 is 5.69 Å². The molecule has 0 unspecified atom stereocenters. The summed E-state index contributed by atoms with van der Waals surface area (Å²) in [7, 11) is 0. The van der Waals surface area contributed by atoms with E-state index < -0.39 is 0 Å². The maximum absolute atomic E-state index is 3.82. The summed E-state index contributed by atoms with van der Waals surface area (Å²) >= 11 is 0. The molecule has 1 aromatic carbocycles. The molecule has 1 N–H and O–H groups in total. The van der Waals surface area contributed by atoms with E-state index in [4.69, 9.17) is 0 Å². The lowest BCUT2D eigenvalue weighted by Crippen LogP contribution is -2.01. The van der Waals surface area contributed by atoms with Crippen LogP contribution >= 0.6 is 0 Å². The molecule has 0 radical (unpaired) electrons. The molecular weight excluding hydrogens is 190 g/mol. The first-order chi connectivity index (χ1) is 7.42. The van der Waals surface area contributed by atoms with Gasteiger partial charge in [0.1, 0.15) is 6.33 Å². The zero-order chi connectivity index (χ0) is 10.1. The van der Waals surface area contributed by atoms with E-state index in [1.165, 1.54) is 12.8 Å². The van der Waals surface area contributed by atoms with Crippen molar-refractivity contribution in [1.29, 1.82) is 0 Å². The summed E-state index contributed by atoms with van der Waals surface area (Å²) in [5, 5.41) is 14.4. The van der Waals surface area contributed by atoms with Crippen LogP contribution in [-0.4, -0.2) is 26.2 Å². The zero-order valence-electron chi connectivity index (χ0n) is 8.17. The van der Waals surface area contributed by atoms with Crippen molar-refractivity contribution in [3.63, 3.8) is 0 Å². The molecule has 1 saturated carbocycles. The summed E-state index contributed by atoms with van der Waals surface area (Å²) < 4.78 is 1.64. The van der Waals surface area contributed by atoms with Crippen molar-refractivity contribution in [1.82, 2.24) is 20.2 Å². The summed E-state index contributed by atoms with van der Waals surface area (Å²) in [5.41, 5.74) is 2.13. The van der Waals surface area contributed by atoms with Crippen LogP contribution in [0.2, 0.25) is 0 Å². The summed E-state index contributed by atoms with van der Waals surface area (Å²) in [6.07, 6.45) is 4.16. The van der Waals surface area contributed by atoms with Crippen LogP contribution in [0.3, 0.4) is 0 Å². The van der Waals surface area contributed by atoms with Crippen molar-refractivity contribution < 1.29 is 0 Å². The van der Waals surface area contributed by atoms with E-state index in [1.54, 1.807) is 11.0 Å². The molecule has 0 bridgehead atoms. The summed E-state index contributed by atoms with van der Waals surface area (Å²) in [4.78, 5) is 0. The number of hydrogen-bond donors (Lipinski definition) is 1. The molecule has 76 valence electrons. The lowest BCUT2D eigenvalue weighted by atomic mass is 10.3. The van der Waals surface area contributed by atoms with Gasteiger partial charge < -0.3 is 5.32 Å². The lowest BCUT2D eigenvalue weighted by molar-refractivity contribution is 0.789. The predicted octanol–water partition coefficient (Wildman–Crippen LogP) is 1.24. The number of tetrazole rings is 1. The fourth-order valence-corrected chi connectivity index (χ4v) is 1.45. The Morgan fingerprint density at radius 3 is 2.60 bits per heavy atom. The highest BCUT2D eigenvalue weighted by Gasteiger charge is 2.20. The number of hydrogen-bond acceptors (Lipinski definition) is 4. The highest BCUT2D eigenvalue weighted by atomic mass is 15.5. The Hall–Kier alpha value is -1.91. The SMILES string of the molecule is c1cc(-n2cnnn2)ccc1NC1CC1. The zero-order valence-corrected chi connectivity index (χ0v) is 8.17. The second-order valence-corrected chi connectivity index (χ2v) is 3.72. The average Bonchev–Trinajstić information content (AvgIpc) is 2.92.